The van der Waals surface area contributed by atoms with Gasteiger partial charge in [0, 0.05) is 20.2 Å². The number of carbonyl (C=O) groups is 2. The van der Waals surface area contributed by atoms with Crippen molar-refractivity contribution in [3.8, 4) is 0 Å². The van der Waals surface area contributed by atoms with E-state index in [1.54, 1.807) is 12.0 Å². The quantitative estimate of drug-likeness (QED) is 0.656. The first kappa shape index (κ1) is 13.0. The summed E-state index contributed by atoms with van der Waals surface area (Å²) in [4.78, 5) is 24.8. The van der Waals surface area contributed by atoms with E-state index < -0.39 is 0 Å². The highest BCUT2D eigenvalue weighted by molar-refractivity contribution is 5.78. The summed E-state index contributed by atoms with van der Waals surface area (Å²) in [7, 11) is 2.95. The van der Waals surface area contributed by atoms with E-state index >= 15 is 0 Å². The van der Waals surface area contributed by atoms with Crippen LogP contribution in [0, 0.1) is 5.92 Å². The highest BCUT2D eigenvalue weighted by Gasteiger charge is 2.28. The van der Waals surface area contributed by atoms with Crippen molar-refractivity contribution in [2.75, 3.05) is 33.9 Å². The fourth-order valence-electron chi connectivity index (χ4n) is 1.91. The van der Waals surface area contributed by atoms with Gasteiger partial charge >= 0.3 is 5.97 Å². The summed E-state index contributed by atoms with van der Waals surface area (Å²) < 4.78 is 9.56. The summed E-state index contributed by atoms with van der Waals surface area (Å²) in [5.74, 6) is -0.329. The number of likely N-dealkylation sites (tertiary alicyclic amines) is 1. The zero-order chi connectivity index (χ0) is 12.0. The van der Waals surface area contributed by atoms with Crippen molar-refractivity contribution in [3.63, 3.8) is 0 Å². The smallest absolute Gasteiger partial charge is 0.310 e. The first-order valence-electron chi connectivity index (χ1n) is 5.53. The minimum absolute atomic E-state index is 0.0513. The molecule has 1 amide bonds. The van der Waals surface area contributed by atoms with Crippen molar-refractivity contribution < 1.29 is 19.1 Å². The number of nitrogens with zero attached hydrogens (tertiary/aromatic N) is 1. The summed E-state index contributed by atoms with van der Waals surface area (Å²) in [6, 6.07) is 0. The lowest BCUT2D eigenvalue weighted by Crippen LogP contribution is -2.42. The molecule has 16 heavy (non-hydrogen) atoms. The zero-order valence-electron chi connectivity index (χ0n) is 9.90. The highest BCUT2D eigenvalue weighted by atomic mass is 16.5. The van der Waals surface area contributed by atoms with Gasteiger partial charge < -0.3 is 14.4 Å². The van der Waals surface area contributed by atoms with Crippen molar-refractivity contribution in [1.29, 1.82) is 0 Å². The van der Waals surface area contributed by atoms with E-state index in [1.165, 1.54) is 7.11 Å². The number of esters is 1. The summed E-state index contributed by atoms with van der Waals surface area (Å²) in [6.45, 7) is 1.64. The number of methoxy groups -OCH3 is 2. The Labute approximate surface area is 95.7 Å². The van der Waals surface area contributed by atoms with Gasteiger partial charge in [-0.1, -0.05) is 0 Å². The Bertz CT molecular complexity index is 254. The van der Waals surface area contributed by atoms with E-state index in [2.05, 4.69) is 0 Å². The average molecular weight is 229 g/mol. The van der Waals surface area contributed by atoms with Crippen LogP contribution in [0.15, 0.2) is 0 Å². The zero-order valence-corrected chi connectivity index (χ0v) is 9.90. The average Bonchev–Trinajstić information content (AvgIpc) is 2.35. The number of hydrogen-bond acceptors (Lipinski definition) is 4. The number of hydrogen-bond donors (Lipinski definition) is 0. The second-order valence-corrected chi connectivity index (χ2v) is 3.94. The van der Waals surface area contributed by atoms with Gasteiger partial charge in [-0.3, -0.25) is 9.59 Å². The number of amides is 1. The molecule has 0 radical (unpaired) electrons. The molecule has 0 saturated carbocycles. The van der Waals surface area contributed by atoms with Crippen molar-refractivity contribution in [1.82, 2.24) is 4.90 Å². The Morgan fingerprint density at radius 2 is 2.12 bits per heavy atom. The lowest BCUT2D eigenvalue weighted by Gasteiger charge is -2.31. The van der Waals surface area contributed by atoms with Gasteiger partial charge in [0.2, 0.25) is 5.91 Å². The van der Waals surface area contributed by atoms with Crippen LogP contribution in [0.3, 0.4) is 0 Å². The molecular formula is C11H19NO4. The van der Waals surface area contributed by atoms with Gasteiger partial charge in [0.25, 0.3) is 0 Å². The molecule has 0 unspecified atom stereocenters. The topological polar surface area (TPSA) is 55.8 Å². The van der Waals surface area contributed by atoms with Crippen molar-refractivity contribution in [3.05, 3.63) is 0 Å². The molecule has 0 aromatic rings. The number of piperidine rings is 1. The van der Waals surface area contributed by atoms with E-state index in [4.69, 9.17) is 9.47 Å². The number of rotatable bonds is 4. The Kier molecular flexibility index (Phi) is 5.25. The third kappa shape index (κ3) is 3.48. The maximum absolute atomic E-state index is 11.7. The van der Waals surface area contributed by atoms with Crippen LogP contribution in [0.5, 0.6) is 0 Å². The normalized spacial score (nSPS) is 20.6. The van der Waals surface area contributed by atoms with Crippen LogP contribution in [0.2, 0.25) is 0 Å². The second-order valence-electron chi connectivity index (χ2n) is 3.94. The molecule has 5 nitrogen and oxygen atoms in total. The van der Waals surface area contributed by atoms with Gasteiger partial charge in [0.05, 0.1) is 26.1 Å². The molecule has 1 fully saturated rings. The number of carbonyl (C=O) groups excluding carboxylic acids is 2. The van der Waals surface area contributed by atoms with E-state index in [1.807, 2.05) is 0 Å². The lowest BCUT2D eigenvalue weighted by molar-refractivity contribution is -0.149. The molecular weight excluding hydrogens is 210 g/mol. The summed E-state index contributed by atoms with van der Waals surface area (Å²) in [5.41, 5.74) is 0. The molecule has 1 aliphatic heterocycles. The Morgan fingerprint density at radius 1 is 1.38 bits per heavy atom. The van der Waals surface area contributed by atoms with Gasteiger partial charge in [0.15, 0.2) is 0 Å². The van der Waals surface area contributed by atoms with Crippen LogP contribution in [0.4, 0.5) is 0 Å². The van der Waals surface area contributed by atoms with E-state index in [0.717, 1.165) is 19.4 Å². The monoisotopic (exact) mass is 229 g/mol. The first-order valence-corrected chi connectivity index (χ1v) is 5.53. The highest BCUT2D eigenvalue weighted by Crippen LogP contribution is 2.18. The molecule has 1 heterocycles. The summed E-state index contributed by atoms with van der Waals surface area (Å²) >= 11 is 0. The maximum atomic E-state index is 11.7. The molecule has 1 saturated heterocycles. The van der Waals surface area contributed by atoms with E-state index in [0.29, 0.717) is 19.6 Å². The molecule has 0 aromatic heterocycles. The molecule has 5 heteroatoms. The Morgan fingerprint density at radius 3 is 2.75 bits per heavy atom. The SMILES string of the molecule is COCCC(=O)N1CCC[C@H](C(=O)OC)C1. The number of ether oxygens (including phenoxy) is 2. The van der Waals surface area contributed by atoms with Gasteiger partial charge in [-0.15, -0.1) is 0 Å². The molecule has 1 atom stereocenters. The fraction of sp³-hybridized carbons (Fsp3) is 0.818. The first-order chi connectivity index (χ1) is 7.69. The predicted octanol–water partition coefficient (Wildman–Crippen LogP) is 0.435. The molecule has 0 N–H and O–H groups in total. The van der Waals surface area contributed by atoms with E-state index in [9.17, 15) is 9.59 Å². The molecule has 0 aliphatic carbocycles. The van der Waals surface area contributed by atoms with Crippen LogP contribution >= 0.6 is 0 Å². The molecule has 0 bridgehead atoms. The molecule has 1 rings (SSSR count). The second kappa shape index (κ2) is 6.48. The van der Waals surface area contributed by atoms with Crippen molar-refractivity contribution in [2.24, 2.45) is 5.92 Å². The third-order valence-electron chi connectivity index (χ3n) is 2.83. The van der Waals surface area contributed by atoms with Crippen LogP contribution in [-0.4, -0.2) is 50.7 Å². The third-order valence-corrected chi connectivity index (χ3v) is 2.83. The molecule has 92 valence electrons. The van der Waals surface area contributed by atoms with E-state index in [-0.39, 0.29) is 17.8 Å². The minimum Gasteiger partial charge on any atom is -0.469 e. The van der Waals surface area contributed by atoms with Gasteiger partial charge in [-0.25, -0.2) is 0 Å². The fourth-order valence-corrected chi connectivity index (χ4v) is 1.91. The Hall–Kier alpha value is -1.10. The molecule has 1 aliphatic rings. The predicted molar refractivity (Wildman–Crippen MR) is 57.8 cm³/mol. The van der Waals surface area contributed by atoms with Crippen LogP contribution in [0.25, 0.3) is 0 Å². The standard InChI is InChI=1S/C11H19NO4/c1-15-7-5-10(13)12-6-3-4-9(8-12)11(14)16-2/h9H,3-8H2,1-2H3/t9-/m0/s1. The lowest BCUT2D eigenvalue weighted by atomic mass is 9.98. The van der Waals surface area contributed by atoms with Gasteiger partial charge in [0.1, 0.15) is 0 Å². The molecule has 0 aromatic carbocycles. The van der Waals surface area contributed by atoms with Crippen LogP contribution < -0.4 is 0 Å². The maximum Gasteiger partial charge on any atom is 0.310 e. The molecule has 0 spiro atoms. The van der Waals surface area contributed by atoms with Gasteiger partial charge in [-0.2, -0.15) is 0 Å². The van der Waals surface area contributed by atoms with Crippen molar-refractivity contribution in [2.45, 2.75) is 19.3 Å². The summed E-state index contributed by atoms with van der Waals surface area (Å²) in [6.07, 6.45) is 2.05. The Balaban J connectivity index is 2.43. The minimum atomic E-state index is -0.218. The summed E-state index contributed by atoms with van der Waals surface area (Å²) in [5, 5.41) is 0. The largest absolute Gasteiger partial charge is 0.469 e. The van der Waals surface area contributed by atoms with Crippen LogP contribution in [-0.2, 0) is 19.1 Å². The van der Waals surface area contributed by atoms with Gasteiger partial charge in [-0.05, 0) is 12.8 Å². The van der Waals surface area contributed by atoms with Crippen molar-refractivity contribution >= 4 is 11.9 Å². The van der Waals surface area contributed by atoms with Crippen LogP contribution in [0.1, 0.15) is 19.3 Å².